The molecule has 1 heterocycles. The van der Waals surface area contributed by atoms with E-state index in [1.807, 2.05) is 0 Å². The van der Waals surface area contributed by atoms with E-state index in [2.05, 4.69) is 0 Å². The third-order valence-electron chi connectivity index (χ3n) is 3.80. The highest BCUT2D eigenvalue weighted by Crippen LogP contribution is 2.16. The SMILES string of the molecule is CCOC(=O)c1cn(Cc2ccc(F)cc2)c2cc(F)ccc2c1=O. The van der Waals surface area contributed by atoms with Crippen LogP contribution in [0.4, 0.5) is 8.78 Å². The number of carbonyl (C=O) groups excluding carboxylic acids is 1. The van der Waals surface area contributed by atoms with Crippen LogP contribution in [0.3, 0.4) is 0 Å². The number of hydrogen-bond acceptors (Lipinski definition) is 3. The summed E-state index contributed by atoms with van der Waals surface area (Å²) in [4.78, 5) is 24.6. The van der Waals surface area contributed by atoms with Crippen molar-refractivity contribution in [3.05, 3.63) is 81.6 Å². The molecular weight excluding hydrogens is 328 g/mol. The number of carbonyl (C=O) groups is 1. The third-order valence-corrected chi connectivity index (χ3v) is 3.80. The first-order valence-electron chi connectivity index (χ1n) is 7.74. The van der Waals surface area contributed by atoms with Crippen molar-refractivity contribution >= 4 is 16.9 Å². The molecule has 0 fully saturated rings. The van der Waals surface area contributed by atoms with Crippen molar-refractivity contribution in [3.8, 4) is 0 Å². The molecule has 0 bridgehead atoms. The highest BCUT2D eigenvalue weighted by molar-refractivity contribution is 5.93. The first-order valence-corrected chi connectivity index (χ1v) is 7.74. The minimum Gasteiger partial charge on any atom is -0.462 e. The average Bonchev–Trinajstić information content (AvgIpc) is 2.59. The number of benzene rings is 2. The molecule has 1 aromatic heterocycles. The molecule has 0 aliphatic carbocycles. The van der Waals surface area contributed by atoms with E-state index in [-0.39, 0.29) is 29.9 Å². The number of fused-ring (bicyclic) bond motifs is 1. The van der Waals surface area contributed by atoms with Crippen LogP contribution in [0.2, 0.25) is 0 Å². The maximum Gasteiger partial charge on any atom is 0.343 e. The van der Waals surface area contributed by atoms with Gasteiger partial charge in [-0.15, -0.1) is 0 Å². The van der Waals surface area contributed by atoms with Gasteiger partial charge in [-0.25, -0.2) is 13.6 Å². The monoisotopic (exact) mass is 343 g/mol. The summed E-state index contributed by atoms with van der Waals surface area (Å²) in [6.45, 7) is 2.02. The van der Waals surface area contributed by atoms with Crippen molar-refractivity contribution < 1.29 is 18.3 Å². The molecular formula is C19H15F2NO3. The van der Waals surface area contributed by atoms with Crippen LogP contribution in [0.5, 0.6) is 0 Å². The largest absolute Gasteiger partial charge is 0.462 e. The number of ether oxygens (including phenoxy) is 1. The number of rotatable bonds is 4. The Hall–Kier alpha value is -3.02. The molecule has 6 heteroatoms. The standard InChI is InChI=1S/C19H15F2NO3/c1-2-25-19(24)16-11-22(10-12-3-5-13(20)6-4-12)17-9-14(21)7-8-15(17)18(16)23/h3-9,11H,2,10H2,1H3. The number of nitrogens with zero attached hydrogens (tertiary/aromatic N) is 1. The number of esters is 1. The van der Waals surface area contributed by atoms with Crippen molar-refractivity contribution in [1.29, 1.82) is 0 Å². The van der Waals surface area contributed by atoms with E-state index >= 15 is 0 Å². The van der Waals surface area contributed by atoms with Gasteiger partial charge in [0.15, 0.2) is 0 Å². The summed E-state index contributed by atoms with van der Waals surface area (Å²) in [5, 5.41) is 0.217. The van der Waals surface area contributed by atoms with E-state index in [1.165, 1.54) is 36.5 Å². The van der Waals surface area contributed by atoms with Gasteiger partial charge in [0.05, 0.1) is 12.1 Å². The number of hydrogen-bond donors (Lipinski definition) is 0. The highest BCUT2D eigenvalue weighted by Gasteiger charge is 2.17. The maximum absolute atomic E-state index is 13.7. The Balaban J connectivity index is 2.19. The zero-order valence-electron chi connectivity index (χ0n) is 13.5. The molecule has 0 radical (unpaired) electrons. The van der Waals surface area contributed by atoms with Gasteiger partial charge in [-0.05, 0) is 42.8 Å². The minimum absolute atomic E-state index is 0.122. The number of pyridine rings is 1. The minimum atomic E-state index is -0.730. The van der Waals surface area contributed by atoms with Gasteiger partial charge >= 0.3 is 5.97 Å². The predicted octanol–water partition coefficient (Wildman–Crippen LogP) is 3.50. The third kappa shape index (κ3) is 3.42. The van der Waals surface area contributed by atoms with Crippen LogP contribution >= 0.6 is 0 Å². The Morgan fingerprint density at radius 3 is 2.44 bits per heavy atom. The van der Waals surface area contributed by atoms with E-state index in [1.54, 1.807) is 23.6 Å². The zero-order valence-corrected chi connectivity index (χ0v) is 13.5. The molecule has 25 heavy (non-hydrogen) atoms. The topological polar surface area (TPSA) is 48.3 Å². The molecule has 0 unspecified atom stereocenters. The lowest BCUT2D eigenvalue weighted by Crippen LogP contribution is -2.21. The Morgan fingerprint density at radius 2 is 1.76 bits per heavy atom. The lowest BCUT2D eigenvalue weighted by molar-refractivity contribution is 0.0524. The van der Waals surface area contributed by atoms with E-state index in [4.69, 9.17) is 4.74 Å². The molecule has 3 aromatic rings. The van der Waals surface area contributed by atoms with E-state index in [0.717, 1.165) is 5.56 Å². The van der Waals surface area contributed by atoms with Crippen molar-refractivity contribution in [2.24, 2.45) is 0 Å². The molecule has 0 saturated heterocycles. The van der Waals surface area contributed by atoms with Crippen LogP contribution in [0.25, 0.3) is 10.9 Å². The lowest BCUT2D eigenvalue weighted by atomic mass is 10.1. The van der Waals surface area contributed by atoms with Gasteiger partial charge in [-0.3, -0.25) is 4.79 Å². The maximum atomic E-state index is 13.7. The first kappa shape index (κ1) is 16.8. The van der Waals surface area contributed by atoms with Crippen molar-refractivity contribution in [2.45, 2.75) is 13.5 Å². The smallest absolute Gasteiger partial charge is 0.343 e. The predicted molar refractivity (Wildman–Crippen MR) is 89.6 cm³/mol. The Bertz CT molecular complexity index is 994. The molecule has 2 aromatic carbocycles. The van der Waals surface area contributed by atoms with Crippen LogP contribution in [0.1, 0.15) is 22.8 Å². The quantitative estimate of drug-likeness (QED) is 0.681. The zero-order chi connectivity index (χ0) is 18.0. The van der Waals surface area contributed by atoms with Gasteiger partial charge in [0.25, 0.3) is 0 Å². The summed E-state index contributed by atoms with van der Waals surface area (Å²) in [7, 11) is 0. The fourth-order valence-corrected chi connectivity index (χ4v) is 2.64. The fraction of sp³-hybridized carbons (Fsp3) is 0.158. The van der Waals surface area contributed by atoms with E-state index in [0.29, 0.717) is 5.52 Å². The van der Waals surface area contributed by atoms with Gasteiger partial charge in [-0.1, -0.05) is 12.1 Å². The summed E-state index contributed by atoms with van der Waals surface area (Å²) < 4.78 is 33.3. The molecule has 3 rings (SSSR count). The summed E-state index contributed by atoms with van der Waals surface area (Å²) in [6, 6.07) is 9.54. The average molecular weight is 343 g/mol. The second-order valence-electron chi connectivity index (χ2n) is 5.51. The van der Waals surface area contributed by atoms with Crippen LogP contribution in [0, 0.1) is 11.6 Å². The van der Waals surface area contributed by atoms with Gasteiger partial charge in [-0.2, -0.15) is 0 Å². The number of aromatic nitrogens is 1. The molecule has 0 amide bonds. The van der Waals surface area contributed by atoms with Crippen LogP contribution in [0.15, 0.2) is 53.5 Å². The van der Waals surface area contributed by atoms with Gasteiger partial charge in [0, 0.05) is 18.1 Å². The van der Waals surface area contributed by atoms with Crippen molar-refractivity contribution in [3.63, 3.8) is 0 Å². The lowest BCUT2D eigenvalue weighted by Gasteiger charge is -2.13. The van der Waals surface area contributed by atoms with E-state index < -0.39 is 17.2 Å². The van der Waals surface area contributed by atoms with Crippen molar-refractivity contribution in [1.82, 2.24) is 4.57 Å². The molecule has 0 atom stereocenters. The molecule has 0 spiro atoms. The second kappa shape index (κ2) is 6.84. The number of halogens is 2. The molecule has 128 valence electrons. The second-order valence-corrected chi connectivity index (χ2v) is 5.51. The van der Waals surface area contributed by atoms with Gasteiger partial charge < -0.3 is 9.30 Å². The van der Waals surface area contributed by atoms with Gasteiger partial charge in [0.2, 0.25) is 5.43 Å². The van der Waals surface area contributed by atoms with Gasteiger partial charge in [0.1, 0.15) is 17.2 Å². The first-order chi connectivity index (χ1) is 12.0. The normalized spacial score (nSPS) is 10.8. The summed E-state index contributed by atoms with van der Waals surface area (Å²) in [5.41, 5.74) is 0.458. The summed E-state index contributed by atoms with van der Waals surface area (Å²) >= 11 is 0. The molecule has 0 saturated carbocycles. The fourth-order valence-electron chi connectivity index (χ4n) is 2.64. The van der Waals surface area contributed by atoms with Crippen LogP contribution in [-0.4, -0.2) is 17.1 Å². The Morgan fingerprint density at radius 1 is 1.08 bits per heavy atom. The van der Waals surface area contributed by atoms with Crippen LogP contribution < -0.4 is 5.43 Å². The molecule has 0 aliphatic heterocycles. The van der Waals surface area contributed by atoms with E-state index in [9.17, 15) is 18.4 Å². The summed E-state index contributed by atoms with van der Waals surface area (Å²) in [5.74, 6) is -1.60. The summed E-state index contributed by atoms with van der Waals surface area (Å²) in [6.07, 6.45) is 1.35. The van der Waals surface area contributed by atoms with Crippen molar-refractivity contribution in [2.75, 3.05) is 6.61 Å². The Labute approximate surface area is 142 Å². The molecule has 4 nitrogen and oxygen atoms in total. The Kier molecular flexibility index (Phi) is 4.61. The van der Waals surface area contributed by atoms with Crippen LogP contribution in [-0.2, 0) is 11.3 Å². The molecule has 0 aliphatic rings. The molecule has 0 N–H and O–H groups in total. The highest BCUT2D eigenvalue weighted by atomic mass is 19.1.